The van der Waals surface area contributed by atoms with Crippen LogP contribution in [0.15, 0.2) is 77.6 Å². The van der Waals surface area contributed by atoms with E-state index in [9.17, 15) is 14.4 Å². The van der Waals surface area contributed by atoms with Gasteiger partial charge in [-0.1, -0.05) is 38.1 Å². The van der Waals surface area contributed by atoms with E-state index >= 15 is 0 Å². The number of pyridine rings is 1. The van der Waals surface area contributed by atoms with Crippen LogP contribution < -0.4 is 20.9 Å². The second kappa shape index (κ2) is 10.5. The van der Waals surface area contributed by atoms with Crippen molar-refractivity contribution in [3.8, 4) is 11.5 Å². The first-order valence-electron chi connectivity index (χ1n) is 12.8. The molecule has 2 N–H and O–H groups in total. The first kappa shape index (κ1) is 24.6. The molecule has 192 valence electrons. The van der Waals surface area contributed by atoms with Gasteiger partial charge >= 0.3 is 6.03 Å². The van der Waals surface area contributed by atoms with E-state index in [0.29, 0.717) is 31.1 Å². The zero-order valence-corrected chi connectivity index (χ0v) is 21.1. The SMILES string of the molecule is CC(C)[C@H](NC(=O)N1C[C@@H]2C[C@@H](C1)c1cccc(=O)n1C2)C(=O)Nc1ccc(Oc2ccccc2)cc1. The monoisotopic (exact) mass is 500 g/mol. The number of aromatic nitrogens is 1. The third kappa shape index (κ3) is 5.53. The van der Waals surface area contributed by atoms with E-state index in [1.807, 2.05) is 54.8 Å². The fourth-order valence-corrected chi connectivity index (χ4v) is 5.27. The van der Waals surface area contributed by atoms with Gasteiger partial charge in [-0.05, 0) is 60.7 Å². The van der Waals surface area contributed by atoms with Crippen LogP contribution in [0.5, 0.6) is 11.5 Å². The Bertz CT molecular complexity index is 1320. The average Bonchev–Trinajstić information content (AvgIpc) is 2.89. The Labute approximate surface area is 216 Å². The van der Waals surface area contributed by atoms with Crippen molar-refractivity contribution in [2.45, 2.75) is 38.8 Å². The van der Waals surface area contributed by atoms with E-state index < -0.39 is 6.04 Å². The van der Waals surface area contributed by atoms with Crippen LogP contribution in [0.1, 0.15) is 31.9 Å². The zero-order valence-electron chi connectivity index (χ0n) is 21.1. The molecule has 0 saturated carbocycles. The van der Waals surface area contributed by atoms with Gasteiger partial charge in [0.1, 0.15) is 17.5 Å². The molecule has 5 rings (SSSR count). The number of likely N-dealkylation sites (tertiary alicyclic amines) is 1. The molecular weight excluding hydrogens is 468 g/mol. The van der Waals surface area contributed by atoms with E-state index in [4.69, 9.17) is 4.74 Å². The third-order valence-corrected chi connectivity index (χ3v) is 7.10. The van der Waals surface area contributed by atoms with Crippen LogP contribution in [0.25, 0.3) is 0 Å². The number of hydrogen-bond acceptors (Lipinski definition) is 4. The fourth-order valence-electron chi connectivity index (χ4n) is 5.27. The summed E-state index contributed by atoms with van der Waals surface area (Å²) in [7, 11) is 0. The number of hydrogen-bond donors (Lipinski definition) is 2. The fraction of sp³-hybridized carbons (Fsp3) is 0.345. The zero-order chi connectivity index (χ0) is 25.9. The van der Waals surface area contributed by atoms with Crippen molar-refractivity contribution in [2.75, 3.05) is 18.4 Å². The Morgan fingerprint density at radius 2 is 1.62 bits per heavy atom. The molecule has 3 atom stereocenters. The number of benzene rings is 2. The lowest BCUT2D eigenvalue weighted by atomic mass is 9.83. The Hall–Kier alpha value is -4.07. The van der Waals surface area contributed by atoms with Crippen molar-refractivity contribution in [2.24, 2.45) is 11.8 Å². The highest BCUT2D eigenvalue weighted by atomic mass is 16.5. The first-order valence-corrected chi connectivity index (χ1v) is 12.8. The lowest BCUT2D eigenvalue weighted by Gasteiger charge is -2.43. The van der Waals surface area contributed by atoms with Gasteiger partial charge in [0.15, 0.2) is 0 Å². The highest BCUT2D eigenvalue weighted by Crippen LogP contribution is 2.35. The van der Waals surface area contributed by atoms with Gasteiger partial charge < -0.3 is 24.8 Å². The standard InChI is InChI=1S/C29H32N4O4/c1-19(2)27(28(35)30-22-11-13-24(14-12-22)37-23-7-4-3-5-8-23)31-29(36)32-16-20-15-21(18-32)25-9-6-10-26(34)33(25)17-20/h3-14,19-21,27H,15-18H2,1-2H3,(H,30,35)(H,31,36)/t20-,21-,27-/m0/s1. The molecule has 0 spiro atoms. The summed E-state index contributed by atoms with van der Waals surface area (Å²) in [6, 6.07) is 21.0. The number of carbonyl (C=O) groups is 2. The van der Waals surface area contributed by atoms with Crippen LogP contribution in [0.3, 0.4) is 0 Å². The Morgan fingerprint density at radius 3 is 2.35 bits per heavy atom. The molecule has 2 aromatic carbocycles. The molecule has 1 aromatic heterocycles. The largest absolute Gasteiger partial charge is 0.457 e. The maximum Gasteiger partial charge on any atom is 0.318 e. The summed E-state index contributed by atoms with van der Waals surface area (Å²) in [6.07, 6.45) is 0.964. The molecule has 1 fully saturated rings. The number of amides is 3. The first-order chi connectivity index (χ1) is 17.9. The number of piperidine rings is 1. The smallest absolute Gasteiger partial charge is 0.318 e. The number of nitrogens with one attached hydrogen (secondary N) is 2. The molecule has 0 aliphatic carbocycles. The highest BCUT2D eigenvalue weighted by Gasteiger charge is 2.37. The summed E-state index contributed by atoms with van der Waals surface area (Å²) >= 11 is 0. The maximum atomic E-state index is 13.2. The Kier molecular flexibility index (Phi) is 6.99. The van der Waals surface area contributed by atoms with Crippen molar-refractivity contribution < 1.29 is 14.3 Å². The molecule has 8 nitrogen and oxygen atoms in total. The summed E-state index contributed by atoms with van der Waals surface area (Å²) in [6.45, 7) is 5.54. The quantitative estimate of drug-likeness (QED) is 0.524. The second-order valence-electron chi connectivity index (χ2n) is 10.2. The number of para-hydroxylation sites is 1. The third-order valence-electron chi connectivity index (χ3n) is 7.10. The van der Waals surface area contributed by atoms with Crippen molar-refractivity contribution >= 4 is 17.6 Å². The molecule has 3 heterocycles. The molecule has 3 amide bonds. The van der Waals surface area contributed by atoms with Gasteiger partial charge in [-0.2, -0.15) is 0 Å². The molecule has 0 unspecified atom stereocenters. The van der Waals surface area contributed by atoms with Crippen LogP contribution in [0, 0.1) is 11.8 Å². The van der Waals surface area contributed by atoms with E-state index in [2.05, 4.69) is 10.6 Å². The molecule has 0 radical (unpaired) electrons. The molecule has 2 aliphatic rings. The molecule has 2 bridgehead atoms. The summed E-state index contributed by atoms with van der Waals surface area (Å²) in [4.78, 5) is 40.4. The summed E-state index contributed by atoms with van der Waals surface area (Å²) in [5.41, 5.74) is 1.63. The predicted molar refractivity (Wildman–Crippen MR) is 142 cm³/mol. The minimum atomic E-state index is -0.690. The molecule has 3 aromatic rings. The summed E-state index contributed by atoms with van der Waals surface area (Å²) < 4.78 is 7.65. The Balaban J connectivity index is 1.21. The van der Waals surface area contributed by atoms with Crippen molar-refractivity contribution in [1.29, 1.82) is 0 Å². The lowest BCUT2D eigenvalue weighted by Crippen LogP contribution is -2.56. The minimum absolute atomic E-state index is 0.0151. The summed E-state index contributed by atoms with van der Waals surface area (Å²) in [5.74, 6) is 1.37. The number of carbonyl (C=O) groups excluding carboxylic acids is 2. The van der Waals surface area contributed by atoms with Crippen LogP contribution in [-0.4, -0.2) is 40.5 Å². The van der Waals surface area contributed by atoms with Crippen molar-refractivity contribution in [1.82, 2.24) is 14.8 Å². The molecule has 1 saturated heterocycles. The predicted octanol–water partition coefficient (Wildman–Crippen LogP) is 4.43. The van der Waals surface area contributed by atoms with Gasteiger partial charge in [0.25, 0.3) is 5.56 Å². The highest BCUT2D eigenvalue weighted by molar-refractivity contribution is 5.97. The van der Waals surface area contributed by atoms with Gasteiger partial charge in [-0.25, -0.2) is 4.79 Å². The van der Waals surface area contributed by atoms with Gasteiger partial charge in [0.05, 0.1) is 0 Å². The topological polar surface area (TPSA) is 92.7 Å². The normalized spacial score (nSPS) is 19.1. The number of ether oxygens (including phenoxy) is 1. The van der Waals surface area contributed by atoms with Gasteiger partial charge in [0.2, 0.25) is 5.91 Å². The minimum Gasteiger partial charge on any atom is -0.457 e. The number of nitrogens with zero attached hydrogens (tertiary/aromatic N) is 2. The second-order valence-corrected chi connectivity index (χ2v) is 10.2. The number of anilines is 1. The van der Waals surface area contributed by atoms with E-state index in [-0.39, 0.29) is 35.3 Å². The van der Waals surface area contributed by atoms with Gasteiger partial charge in [0, 0.05) is 43.0 Å². The van der Waals surface area contributed by atoms with Crippen molar-refractivity contribution in [3.05, 3.63) is 88.8 Å². The van der Waals surface area contributed by atoms with Crippen LogP contribution >= 0.6 is 0 Å². The molecular formula is C29H32N4O4. The van der Waals surface area contributed by atoms with Crippen molar-refractivity contribution in [3.63, 3.8) is 0 Å². The van der Waals surface area contributed by atoms with Crippen LogP contribution in [-0.2, 0) is 11.3 Å². The molecule has 8 heteroatoms. The average molecular weight is 501 g/mol. The summed E-state index contributed by atoms with van der Waals surface area (Å²) in [5, 5.41) is 5.87. The van der Waals surface area contributed by atoms with Gasteiger partial charge in [-0.15, -0.1) is 0 Å². The molecule has 2 aliphatic heterocycles. The molecule has 37 heavy (non-hydrogen) atoms. The number of urea groups is 1. The Morgan fingerprint density at radius 1 is 0.892 bits per heavy atom. The van der Waals surface area contributed by atoms with E-state index in [1.54, 1.807) is 41.3 Å². The van der Waals surface area contributed by atoms with E-state index in [0.717, 1.165) is 17.9 Å². The van der Waals surface area contributed by atoms with Crippen LogP contribution in [0.4, 0.5) is 10.5 Å². The maximum absolute atomic E-state index is 13.2. The number of rotatable bonds is 6. The number of fused-ring (bicyclic) bond motifs is 4. The van der Waals surface area contributed by atoms with Gasteiger partial charge in [-0.3, -0.25) is 9.59 Å². The van der Waals surface area contributed by atoms with Crippen LogP contribution in [0.2, 0.25) is 0 Å². The lowest BCUT2D eigenvalue weighted by molar-refractivity contribution is -0.118. The van der Waals surface area contributed by atoms with E-state index in [1.165, 1.54) is 0 Å².